The number of rotatable bonds is 6. The summed E-state index contributed by atoms with van der Waals surface area (Å²) in [6, 6.07) is 15.8. The Hall–Kier alpha value is -3.32. The van der Waals surface area contributed by atoms with Gasteiger partial charge in [-0.15, -0.1) is 0 Å². The van der Waals surface area contributed by atoms with Gasteiger partial charge in [-0.1, -0.05) is 79.8 Å². The Balaban J connectivity index is 1.33. The molecule has 2 fully saturated rings. The van der Waals surface area contributed by atoms with Crippen LogP contribution < -0.4 is 4.90 Å². The number of fused-ring (bicyclic) bond motifs is 6. The molecule has 3 amide bonds. The van der Waals surface area contributed by atoms with Gasteiger partial charge in [0.05, 0.1) is 28.6 Å². The molecule has 1 saturated heterocycles. The quantitative estimate of drug-likeness (QED) is 0.373. The number of carbonyl (C=O) groups is 3. The zero-order chi connectivity index (χ0) is 24.3. The molecule has 1 saturated carbocycles. The number of anilines is 1. The molecule has 1 aromatic heterocycles. The Morgan fingerprint density at radius 2 is 1.71 bits per heavy atom. The highest BCUT2D eigenvalue weighted by Gasteiger charge is 2.59. The number of allylic oxidation sites excluding steroid dienone is 2. The van der Waals surface area contributed by atoms with E-state index in [1.165, 1.54) is 16.2 Å². The molecule has 7 heteroatoms. The van der Waals surface area contributed by atoms with E-state index in [0.29, 0.717) is 17.6 Å². The highest BCUT2D eigenvalue weighted by Crippen LogP contribution is 2.52. The minimum absolute atomic E-state index is 0.126. The van der Waals surface area contributed by atoms with Gasteiger partial charge >= 0.3 is 0 Å². The molecule has 3 aliphatic rings. The molecule has 1 aliphatic heterocycles. The molecule has 4 unspecified atom stereocenters. The van der Waals surface area contributed by atoms with Crippen LogP contribution in [0.15, 0.2) is 60.7 Å². The van der Waals surface area contributed by atoms with Crippen molar-refractivity contribution in [2.45, 2.75) is 32.7 Å². The minimum atomic E-state index is -0.302. The zero-order valence-corrected chi connectivity index (χ0v) is 20.6. The first-order valence-corrected chi connectivity index (χ1v) is 13.0. The van der Waals surface area contributed by atoms with Crippen molar-refractivity contribution in [1.82, 2.24) is 9.88 Å². The van der Waals surface area contributed by atoms with Gasteiger partial charge in [0, 0.05) is 0 Å². The topological polar surface area (TPSA) is 70.6 Å². The van der Waals surface area contributed by atoms with Crippen LogP contribution in [-0.4, -0.2) is 34.2 Å². The standard InChI is InChI=1S/C28H27N3O3S/c1-16(2)20-9-6-10-21-25(20)29-28(35-21)30(14-17-7-4-3-5-8-17)22(32)15-31-26(33)23-18-11-12-19(13-18)24(23)27(31)34/h3-12,16,18-19,23-24H,13-15H2,1-2H3. The number of nitrogens with zero attached hydrogens (tertiary/aromatic N) is 3. The Labute approximate surface area is 208 Å². The molecule has 2 aliphatic carbocycles. The number of aromatic nitrogens is 1. The molecule has 3 aromatic rings. The second-order valence-corrected chi connectivity index (χ2v) is 11.1. The fourth-order valence-corrected chi connectivity index (χ4v) is 6.93. The summed E-state index contributed by atoms with van der Waals surface area (Å²) in [4.78, 5) is 47.8. The van der Waals surface area contributed by atoms with Crippen molar-refractivity contribution >= 4 is 44.4 Å². The van der Waals surface area contributed by atoms with Gasteiger partial charge in [-0.3, -0.25) is 24.2 Å². The number of amides is 3. The lowest BCUT2D eigenvalue weighted by molar-refractivity contribution is -0.143. The van der Waals surface area contributed by atoms with Crippen molar-refractivity contribution in [3.8, 4) is 0 Å². The van der Waals surface area contributed by atoms with Gasteiger partial charge in [0.25, 0.3) is 0 Å². The highest BCUT2D eigenvalue weighted by atomic mass is 32.1. The first kappa shape index (κ1) is 22.2. The predicted molar refractivity (Wildman–Crippen MR) is 136 cm³/mol. The first-order chi connectivity index (χ1) is 16.9. The van der Waals surface area contributed by atoms with E-state index >= 15 is 0 Å². The summed E-state index contributed by atoms with van der Waals surface area (Å²) >= 11 is 1.47. The van der Waals surface area contributed by atoms with E-state index in [1.807, 2.05) is 42.5 Å². The zero-order valence-electron chi connectivity index (χ0n) is 19.8. The molecule has 178 valence electrons. The molecule has 4 atom stereocenters. The number of hydrogen-bond donors (Lipinski definition) is 0. The second kappa shape index (κ2) is 8.41. The average Bonchev–Trinajstić information content (AvgIpc) is 3.62. The smallest absolute Gasteiger partial charge is 0.249 e. The molecule has 6 rings (SSSR count). The van der Waals surface area contributed by atoms with E-state index in [1.54, 1.807) is 4.90 Å². The summed E-state index contributed by atoms with van der Waals surface area (Å²) < 4.78 is 1.02. The monoisotopic (exact) mass is 485 g/mol. The summed E-state index contributed by atoms with van der Waals surface area (Å²) in [5.74, 6) is -0.738. The van der Waals surface area contributed by atoms with Crippen molar-refractivity contribution in [3.05, 3.63) is 71.8 Å². The number of carbonyl (C=O) groups excluding carboxylic acids is 3. The van der Waals surface area contributed by atoms with Gasteiger partial charge in [-0.2, -0.15) is 0 Å². The lowest BCUT2D eigenvalue weighted by atomic mass is 9.85. The maximum absolute atomic E-state index is 13.7. The largest absolute Gasteiger partial charge is 0.282 e. The number of imide groups is 1. The van der Waals surface area contributed by atoms with Crippen LogP contribution in [0.1, 0.15) is 37.3 Å². The molecule has 2 bridgehead atoms. The van der Waals surface area contributed by atoms with Crippen LogP contribution in [0, 0.1) is 23.7 Å². The van der Waals surface area contributed by atoms with Crippen molar-refractivity contribution in [2.24, 2.45) is 23.7 Å². The SMILES string of the molecule is CC(C)c1cccc2sc(N(Cc3ccccc3)C(=O)CN3C(=O)C4C5C=CC(C5)C4C3=O)nc12. The van der Waals surface area contributed by atoms with Crippen molar-refractivity contribution in [3.63, 3.8) is 0 Å². The summed E-state index contributed by atoms with van der Waals surface area (Å²) in [5, 5.41) is 0.586. The van der Waals surface area contributed by atoms with Crippen molar-refractivity contribution < 1.29 is 14.4 Å². The molecule has 0 spiro atoms. The molecule has 2 aromatic carbocycles. The maximum atomic E-state index is 13.7. The van der Waals surface area contributed by atoms with Crippen LogP contribution in [0.4, 0.5) is 5.13 Å². The van der Waals surface area contributed by atoms with Gasteiger partial charge in [-0.05, 0) is 41.4 Å². The fourth-order valence-electron chi connectivity index (χ4n) is 5.91. The van der Waals surface area contributed by atoms with Gasteiger partial charge in [0.15, 0.2) is 5.13 Å². The Morgan fingerprint density at radius 3 is 2.37 bits per heavy atom. The van der Waals surface area contributed by atoms with E-state index in [-0.39, 0.29) is 47.9 Å². The molecular formula is C28H27N3O3S. The molecule has 35 heavy (non-hydrogen) atoms. The van der Waals surface area contributed by atoms with E-state index in [4.69, 9.17) is 4.98 Å². The molecular weight excluding hydrogens is 458 g/mol. The third-order valence-electron chi connectivity index (χ3n) is 7.63. The van der Waals surface area contributed by atoms with Crippen molar-refractivity contribution in [2.75, 3.05) is 11.4 Å². The third kappa shape index (κ3) is 3.60. The number of hydrogen-bond acceptors (Lipinski definition) is 5. The summed E-state index contributed by atoms with van der Waals surface area (Å²) in [6.07, 6.45) is 5.01. The Morgan fingerprint density at radius 1 is 1.03 bits per heavy atom. The van der Waals surface area contributed by atoms with E-state index in [9.17, 15) is 14.4 Å². The van der Waals surface area contributed by atoms with Crippen LogP contribution in [0.2, 0.25) is 0 Å². The van der Waals surface area contributed by atoms with E-state index in [0.717, 1.165) is 27.8 Å². The first-order valence-electron chi connectivity index (χ1n) is 12.2. The normalized spacial score (nSPS) is 24.7. The number of likely N-dealkylation sites (tertiary alicyclic amines) is 1. The Bertz CT molecular complexity index is 1330. The Kier molecular flexibility index (Phi) is 5.33. The number of thiazole rings is 1. The van der Waals surface area contributed by atoms with Crippen LogP contribution in [0.5, 0.6) is 0 Å². The molecule has 0 radical (unpaired) electrons. The van der Waals surface area contributed by atoms with Crippen LogP contribution in [0.3, 0.4) is 0 Å². The van der Waals surface area contributed by atoms with Crippen LogP contribution in [-0.2, 0) is 20.9 Å². The lowest BCUT2D eigenvalue weighted by Crippen LogP contribution is -2.43. The van der Waals surface area contributed by atoms with Crippen LogP contribution >= 0.6 is 11.3 Å². The molecule has 2 heterocycles. The summed E-state index contributed by atoms with van der Waals surface area (Å²) in [5.41, 5.74) is 3.00. The molecule has 6 nitrogen and oxygen atoms in total. The van der Waals surface area contributed by atoms with Crippen molar-refractivity contribution in [1.29, 1.82) is 0 Å². The van der Waals surface area contributed by atoms with Gasteiger partial charge in [0.1, 0.15) is 6.54 Å². The van der Waals surface area contributed by atoms with E-state index in [2.05, 4.69) is 32.1 Å². The summed E-state index contributed by atoms with van der Waals surface area (Å²) in [6.45, 7) is 4.34. The third-order valence-corrected chi connectivity index (χ3v) is 8.67. The second-order valence-electron chi connectivity index (χ2n) is 10.1. The average molecular weight is 486 g/mol. The lowest BCUT2D eigenvalue weighted by Gasteiger charge is -2.23. The predicted octanol–water partition coefficient (Wildman–Crippen LogP) is 4.76. The van der Waals surface area contributed by atoms with Gasteiger partial charge in [-0.25, -0.2) is 4.98 Å². The minimum Gasteiger partial charge on any atom is -0.282 e. The summed E-state index contributed by atoms with van der Waals surface area (Å²) in [7, 11) is 0. The molecule has 0 N–H and O–H groups in total. The maximum Gasteiger partial charge on any atom is 0.249 e. The number of benzene rings is 2. The fraction of sp³-hybridized carbons (Fsp3) is 0.357. The van der Waals surface area contributed by atoms with Crippen LogP contribution in [0.25, 0.3) is 10.2 Å². The number of para-hydroxylation sites is 1. The van der Waals surface area contributed by atoms with Gasteiger partial charge in [0.2, 0.25) is 17.7 Å². The van der Waals surface area contributed by atoms with Gasteiger partial charge < -0.3 is 0 Å². The van der Waals surface area contributed by atoms with E-state index < -0.39 is 0 Å². The highest BCUT2D eigenvalue weighted by molar-refractivity contribution is 7.22.